The number of amides is 1. The Bertz CT molecular complexity index is 440. The molecule has 0 fully saturated rings. The summed E-state index contributed by atoms with van der Waals surface area (Å²) in [5.41, 5.74) is 6.74. The fourth-order valence-corrected chi connectivity index (χ4v) is 2.18. The van der Waals surface area contributed by atoms with Gasteiger partial charge in [0.2, 0.25) is 5.91 Å². The highest BCUT2D eigenvalue weighted by Gasteiger charge is 2.12. The Labute approximate surface area is 124 Å². The summed E-state index contributed by atoms with van der Waals surface area (Å²) in [5, 5.41) is 2.83. The first-order valence-corrected chi connectivity index (χ1v) is 7.75. The van der Waals surface area contributed by atoms with E-state index in [1.807, 2.05) is 24.5 Å². The predicted octanol–water partition coefficient (Wildman–Crippen LogP) is 1.40. The second-order valence-electron chi connectivity index (χ2n) is 4.30. The molecule has 5 nitrogen and oxygen atoms in total. The number of hydrogen-bond acceptors (Lipinski definition) is 5. The number of benzene rings is 1. The number of carbonyl (C=O) groups excluding carboxylic acids is 1. The van der Waals surface area contributed by atoms with Gasteiger partial charge in [-0.05, 0) is 36.1 Å². The van der Waals surface area contributed by atoms with Crippen LogP contribution in [0.2, 0.25) is 0 Å². The molecule has 0 unspecified atom stereocenters. The number of hydrogen-bond donors (Lipinski definition) is 2. The van der Waals surface area contributed by atoms with Gasteiger partial charge in [-0.2, -0.15) is 11.8 Å². The van der Waals surface area contributed by atoms with Crippen LogP contribution >= 0.6 is 11.8 Å². The fraction of sp³-hybridized carbons (Fsp3) is 0.500. The van der Waals surface area contributed by atoms with Crippen LogP contribution in [0.25, 0.3) is 0 Å². The van der Waals surface area contributed by atoms with Crippen LogP contribution in [0, 0.1) is 0 Å². The standard InChI is InChI=1S/C14H22N2O3S/c1-18-12-5-4-10(8-13(12)19-2)9-16-14(17)11(15)6-7-20-3/h4-5,8,11H,6-7,9,15H2,1-3H3,(H,16,17)/t11-/m1/s1. The van der Waals surface area contributed by atoms with E-state index in [0.717, 1.165) is 11.3 Å². The molecule has 20 heavy (non-hydrogen) atoms. The number of thioether (sulfide) groups is 1. The molecular weight excluding hydrogens is 276 g/mol. The fourth-order valence-electron chi connectivity index (χ4n) is 1.69. The van der Waals surface area contributed by atoms with Crippen molar-refractivity contribution in [1.82, 2.24) is 5.32 Å². The van der Waals surface area contributed by atoms with Crippen LogP contribution in [-0.2, 0) is 11.3 Å². The molecule has 1 rings (SSSR count). The summed E-state index contributed by atoms with van der Waals surface area (Å²) in [6.07, 6.45) is 2.67. The van der Waals surface area contributed by atoms with Gasteiger partial charge in [0, 0.05) is 6.54 Å². The van der Waals surface area contributed by atoms with E-state index in [1.165, 1.54) is 0 Å². The van der Waals surface area contributed by atoms with Gasteiger partial charge in [0.15, 0.2) is 11.5 Å². The minimum Gasteiger partial charge on any atom is -0.493 e. The third-order valence-electron chi connectivity index (χ3n) is 2.88. The molecule has 0 saturated heterocycles. The summed E-state index contributed by atoms with van der Waals surface area (Å²) in [6, 6.07) is 5.08. The van der Waals surface area contributed by atoms with Gasteiger partial charge < -0.3 is 20.5 Å². The molecule has 6 heteroatoms. The molecule has 112 valence electrons. The van der Waals surface area contributed by atoms with Gasteiger partial charge in [-0.15, -0.1) is 0 Å². The zero-order valence-corrected chi connectivity index (χ0v) is 13.0. The van der Waals surface area contributed by atoms with E-state index >= 15 is 0 Å². The van der Waals surface area contributed by atoms with E-state index in [9.17, 15) is 4.79 Å². The van der Waals surface area contributed by atoms with Crippen LogP contribution in [0.5, 0.6) is 11.5 Å². The monoisotopic (exact) mass is 298 g/mol. The lowest BCUT2D eigenvalue weighted by molar-refractivity contribution is -0.122. The average Bonchev–Trinajstić information content (AvgIpc) is 2.49. The lowest BCUT2D eigenvalue weighted by atomic mass is 10.2. The summed E-state index contributed by atoms with van der Waals surface area (Å²) in [4.78, 5) is 11.8. The average molecular weight is 298 g/mol. The number of carbonyl (C=O) groups is 1. The van der Waals surface area contributed by atoms with Crippen molar-refractivity contribution in [1.29, 1.82) is 0 Å². The Hall–Kier alpha value is -1.40. The number of ether oxygens (including phenoxy) is 2. The van der Waals surface area contributed by atoms with Crippen LogP contribution < -0.4 is 20.5 Å². The van der Waals surface area contributed by atoms with Gasteiger partial charge in [0.05, 0.1) is 20.3 Å². The third kappa shape index (κ3) is 4.94. The maximum absolute atomic E-state index is 11.8. The Balaban J connectivity index is 2.55. The zero-order valence-electron chi connectivity index (χ0n) is 12.1. The van der Waals surface area contributed by atoms with Crippen LogP contribution in [0.15, 0.2) is 18.2 Å². The molecule has 1 aromatic rings. The van der Waals surface area contributed by atoms with Crippen LogP contribution in [0.4, 0.5) is 0 Å². The number of methoxy groups -OCH3 is 2. The van der Waals surface area contributed by atoms with Gasteiger partial charge >= 0.3 is 0 Å². The normalized spacial score (nSPS) is 11.8. The quantitative estimate of drug-likeness (QED) is 0.759. The van der Waals surface area contributed by atoms with Crippen molar-refractivity contribution in [3.63, 3.8) is 0 Å². The molecule has 0 aliphatic carbocycles. The summed E-state index contributed by atoms with van der Waals surface area (Å²) in [7, 11) is 3.17. The summed E-state index contributed by atoms with van der Waals surface area (Å²) < 4.78 is 10.4. The van der Waals surface area contributed by atoms with Gasteiger partial charge in [-0.1, -0.05) is 6.07 Å². The van der Waals surface area contributed by atoms with E-state index in [2.05, 4.69) is 5.32 Å². The molecule has 0 radical (unpaired) electrons. The van der Waals surface area contributed by atoms with Crippen molar-refractivity contribution >= 4 is 17.7 Å². The van der Waals surface area contributed by atoms with E-state index in [1.54, 1.807) is 26.0 Å². The maximum atomic E-state index is 11.8. The second kappa shape index (κ2) is 8.71. The summed E-state index contributed by atoms with van der Waals surface area (Å²) >= 11 is 1.68. The van der Waals surface area contributed by atoms with E-state index < -0.39 is 6.04 Å². The number of nitrogens with one attached hydrogen (secondary N) is 1. The second-order valence-corrected chi connectivity index (χ2v) is 5.28. The number of nitrogens with two attached hydrogens (primary N) is 1. The summed E-state index contributed by atoms with van der Waals surface area (Å²) in [6.45, 7) is 0.423. The summed E-state index contributed by atoms with van der Waals surface area (Å²) in [5.74, 6) is 2.06. The molecule has 0 spiro atoms. The predicted molar refractivity (Wildman–Crippen MR) is 82.4 cm³/mol. The molecule has 3 N–H and O–H groups in total. The Kier molecular flexibility index (Phi) is 7.25. The van der Waals surface area contributed by atoms with Crippen molar-refractivity contribution in [2.45, 2.75) is 19.0 Å². The van der Waals surface area contributed by atoms with Gasteiger partial charge in [-0.25, -0.2) is 0 Å². The van der Waals surface area contributed by atoms with Crippen molar-refractivity contribution in [2.75, 3.05) is 26.2 Å². The Morgan fingerprint density at radius 1 is 1.35 bits per heavy atom. The molecule has 0 aromatic heterocycles. The van der Waals surface area contributed by atoms with E-state index in [0.29, 0.717) is 24.5 Å². The third-order valence-corrected chi connectivity index (χ3v) is 3.53. The Morgan fingerprint density at radius 2 is 2.05 bits per heavy atom. The van der Waals surface area contributed by atoms with Gasteiger partial charge in [0.25, 0.3) is 0 Å². The molecule has 0 aliphatic rings. The maximum Gasteiger partial charge on any atom is 0.237 e. The molecule has 1 atom stereocenters. The van der Waals surface area contributed by atoms with Crippen LogP contribution in [0.3, 0.4) is 0 Å². The van der Waals surface area contributed by atoms with Crippen molar-refractivity contribution in [2.24, 2.45) is 5.73 Å². The molecule has 1 aromatic carbocycles. The first kappa shape index (κ1) is 16.7. The minimum atomic E-state index is -0.456. The minimum absolute atomic E-state index is 0.131. The topological polar surface area (TPSA) is 73.6 Å². The van der Waals surface area contributed by atoms with Crippen molar-refractivity contribution < 1.29 is 14.3 Å². The molecular formula is C14H22N2O3S. The zero-order chi connectivity index (χ0) is 15.0. The highest BCUT2D eigenvalue weighted by atomic mass is 32.2. The number of rotatable bonds is 8. The van der Waals surface area contributed by atoms with Crippen molar-refractivity contribution in [3.8, 4) is 11.5 Å². The lowest BCUT2D eigenvalue weighted by Gasteiger charge is -2.13. The van der Waals surface area contributed by atoms with E-state index in [-0.39, 0.29) is 5.91 Å². The SMILES string of the molecule is COc1ccc(CNC(=O)[C@H](N)CCSC)cc1OC. The lowest BCUT2D eigenvalue weighted by Crippen LogP contribution is -2.40. The first-order chi connectivity index (χ1) is 9.62. The van der Waals surface area contributed by atoms with Gasteiger partial charge in [-0.3, -0.25) is 4.79 Å². The Morgan fingerprint density at radius 3 is 2.65 bits per heavy atom. The van der Waals surface area contributed by atoms with Crippen LogP contribution in [-0.4, -0.2) is 38.2 Å². The molecule has 0 aliphatic heterocycles. The highest BCUT2D eigenvalue weighted by Crippen LogP contribution is 2.27. The molecule has 0 heterocycles. The highest BCUT2D eigenvalue weighted by molar-refractivity contribution is 7.98. The van der Waals surface area contributed by atoms with Gasteiger partial charge in [0.1, 0.15) is 0 Å². The molecule has 0 bridgehead atoms. The van der Waals surface area contributed by atoms with Crippen molar-refractivity contribution in [3.05, 3.63) is 23.8 Å². The molecule has 0 saturated carbocycles. The smallest absolute Gasteiger partial charge is 0.237 e. The van der Waals surface area contributed by atoms with E-state index in [4.69, 9.17) is 15.2 Å². The van der Waals surface area contributed by atoms with Crippen LogP contribution in [0.1, 0.15) is 12.0 Å². The first-order valence-electron chi connectivity index (χ1n) is 6.35. The molecule has 1 amide bonds. The largest absolute Gasteiger partial charge is 0.493 e.